The molecule has 0 saturated carbocycles. The Morgan fingerprint density at radius 3 is 2.82 bits per heavy atom. The lowest BCUT2D eigenvalue weighted by molar-refractivity contribution is -0.118. The van der Waals surface area contributed by atoms with Gasteiger partial charge in [-0.05, 0) is 24.1 Å². The number of hydrogen-bond donors (Lipinski definition) is 2. The van der Waals surface area contributed by atoms with Crippen molar-refractivity contribution in [3.63, 3.8) is 0 Å². The third kappa shape index (κ3) is 5.08. The van der Waals surface area contributed by atoms with Crippen molar-refractivity contribution in [3.8, 4) is 0 Å². The van der Waals surface area contributed by atoms with E-state index in [1.54, 1.807) is 6.07 Å². The summed E-state index contributed by atoms with van der Waals surface area (Å²) >= 11 is 1.31. The minimum Gasteiger partial charge on any atom is -0.398 e. The van der Waals surface area contributed by atoms with Gasteiger partial charge in [0, 0.05) is 17.1 Å². The van der Waals surface area contributed by atoms with Gasteiger partial charge in [0.15, 0.2) is 0 Å². The number of benzene rings is 1. The lowest BCUT2D eigenvalue weighted by Gasteiger charge is -2.08. The summed E-state index contributed by atoms with van der Waals surface area (Å²) in [6.45, 7) is 4.73. The fraction of sp³-hybridized carbons (Fsp3) is 0.417. The van der Waals surface area contributed by atoms with Crippen LogP contribution in [0.1, 0.15) is 13.8 Å². The number of nitrogens with two attached hydrogens (primary N) is 1. The smallest absolute Gasteiger partial charge is 0.230 e. The van der Waals surface area contributed by atoms with Crippen LogP contribution < -0.4 is 11.1 Å². The molecule has 1 aromatic carbocycles. The first-order valence-electron chi connectivity index (χ1n) is 5.43. The molecule has 1 rings (SSSR count). The highest BCUT2D eigenvalue weighted by Gasteiger charge is 2.06. The van der Waals surface area contributed by atoms with Gasteiger partial charge in [-0.15, -0.1) is 11.8 Å². The third-order valence-corrected chi connectivity index (χ3v) is 3.13. The van der Waals surface area contributed by atoms with Gasteiger partial charge in [0.05, 0.1) is 5.75 Å². The Hall–Kier alpha value is -1.23. The van der Waals surface area contributed by atoms with Gasteiger partial charge in [0.2, 0.25) is 5.91 Å². The van der Waals surface area contributed by atoms with Gasteiger partial charge in [0.25, 0.3) is 0 Å². The average molecular weight is 256 g/mol. The molecule has 0 aromatic heterocycles. The van der Waals surface area contributed by atoms with E-state index in [9.17, 15) is 9.18 Å². The predicted octanol–water partition coefficient (Wildman–Crippen LogP) is 2.27. The minimum atomic E-state index is -0.365. The normalized spacial score (nSPS) is 10.6. The second kappa shape index (κ2) is 6.49. The van der Waals surface area contributed by atoms with E-state index in [1.165, 1.54) is 23.9 Å². The van der Waals surface area contributed by atoms with Crippen LogP contribution in [0.25, 0.3) is 0 Å². The first kappa shape index (κ1) is 13.8. The van der Waals surface area contributed by atoms with Gasteiger partial charge in [-0.2, -0.15) is 0 Å². The summed E-state index contributed by atoms with van der Waals surface area (Å²) in [5.41, 5.74) is 6.00. The topological polar surface area (TPSA) is 55.1 Å². The van der Waals surface area contributed by atoms with Gasteiger partial charge in [0.1, 0.15) is 5.82 Å². The van der Waals surface area contributed by atoms with Crippen molar-refractivity contribution in [1.82, 2.24) is 5.32 Å². The first-order valence-corrected chi connectivity index (χ1v) is 6.42. The van der Waals surface area contributed by atoms with E-state index in [-0.39, 0.29) is 11.7 Å². The summed E-state index contributed by atoms with van der Waals surface area (Å²) in [4.78, 5) is 12.2. The van der Waals surface area contributed by atoms with Crippen LogP contribution in [-0.2, 0) is 4.79 Å². The first-order chi connectivity index (χ1) is 7.99. The number of halogens is 1. The number of nitrogens with one attached hydrogen (secondary N) is 1. The monoisotopic (exact) mass is 256 g/mol. The SMILES string of the molecule is CC(C)CNC(=O)CSc1ccc(F)cc1N. The number of anilines is 1. The molecule has 1 aromatic rings. The highest BCUT2D eigenvalue weighted by Crippen LogP contribution is 2.25. The number of nitrogen functional groups attached to an aromatic ring is 1. The van der Waals surface area contributed by atoms with Crippen LogP contribution in [0, 0.1) is 11.7 Å². The highest BCUT2D eigenvalue weighted by molar-refractivity contribution is 8.00. The molecule has 5 heteroatoms. The van der Waals surface area contributed by atoms with Crippen LogP contribution in [0.15, 0.2) is 23.1 Å². The van der Waals surface area contributed by atoms with Crippen molar-refractivity contribution in [2.24, 2.45) is 5.92 Å². The number of amides is 1. The van der Waals surface area contributed by atoms with Gasteiger partial charge in [-0.3, -0.25) is 4.79 Å². The van der Waals surface area contributed by atoms with E-state index in [2.05, 4.69) is 5.32 Å². The van der Waals surface area contributed by atoms with Crippen molar-refractivity contribution in [3.05, 3.63) is 24.0 Å². The molecule has 0 heterocycles. The van der Waals surface area contributed by atoms with Crippen molar-refractivity contribution in [1.29, 1.82) is 0 Å². The van der Waals surface area contributed by atoms with E-state index in [0.717, 1.165) is 4.90 Å². The average Bonchev–Trinajstić information content (AvgIpc) is 2.25. The molecular weight excluding hydrogens is 239 g/mol. The molecule has 3 nitrogen and oxygen atoms in total. The van der Waals surface area contributed by atoms with Gasteiger partial charge < -0.3 is 11.1 Å². The largest absolute Gasteiger partial charge is 0.398 e. The van der Waals surface area contributed by atoms with E-state index >= 15 is 0 Å². The zero-order chi connectivity index (χ0) is 12.8. The number of carbonyl (C=O) groups excluding carboxylic acids is 1. The molecule has 0 unspecified atom stereocenters. The molecule has 0 aliphatic heterocycles. The Morgan fingerprint density at radius 2 is 2.24 bits per heavy atom. The van der Waals surface area contributed by atoms with E-state index in [0.29, 0.717) is 23.9 Å². The summed E-state index contributed by atoms with van der Waals surface area (Å²) in [6.07, 6.45) is 0. The predicted molar refractivity (Wildman–Crippen MR) is 69.4 cm³/mol. The zero-order valence-corrected chi connectivity index (χ0v) is 10.8. The lowest BCUT2D eigenvalue weighted by atomic mass is 10.2. The van der Waals surface area contributed by atoms with Crippen molar-refractivity contribution < 1.29 is 9.18 Å². The molecule has 0 atom stereocenters. The molecule has 3 N–H and O–H groups in total. The van der Waals surface area contributed by atoms with Gasteiger partial charge in [-0.1, -0.05) is 13.8 Å². The summed E-state index contributed by atoms with van der Waals surface area (Å²) in [5, 5.41) is 2.81. The molecule has 94 valence electrons. The maximum atomic E-state index is 12.8. The molecule has 0 bridgehead atoms. The minimum absolute atomic E-state index is 0.0348. The summed E-state index contributed by atoms with van der Waals surface area (Å²) in [7, 11) is 0. The molecule has 17 heavy (non-hydrogen) atoms. The fourth-order valence-corrected chi connectivity index (χ4v) is 1.94. The number of hydrogen-bond acceptors (Lipinski definition) is 3. The third-order valence-electron chi connectivity index (χ3n) is 2.04. The van der Waals surface area contributed by atoms with Gasteiger partial charge in [-0.25, -0.2) is 4.39 Å². The number of carbonyl (C=O) groups is 1. The Morgan fingerprint density at radius 1 is 1.53 bits per heavy atom. The van der Waals surface area contributed by atoms with Crippen LogP contribution >= 0.6 is 11.8 Å². The van der Waals surface area contributed by atoms with Crippen LogP contribution in [0.5, 0.6) is 0 Å². The number of rotatable bonds is 5. The maximum Gasteiger partial charge on any atom is 0.230 e. The molecule has 0 fully saturated rings. The second-order valence-corrected chi connectivity index (χ2v) is 5.19. The molecule has 0 radical (unpaired) electrons. The second-order valence-electron chi connectivity index (χ2n) is 4.17. The highest BCUT2D eigenvalue weighted by atomic mass is 32.2. The van der Waals surface area contributed by atoms with E-state index in [4.69, 9.17) is 5.73 Å². The Labute approximate surface area is 105 Å². The summed E-state index contributed by atoms with van der Waals surface area (Å²) < 4.78 is 12.8. The van der Waals surface area contributed by atoms with Gasteiger partial charge >= 0.3 is 0 Å². The Kier molecular flexibility index (Phi) is 5.28. The Balaban J connectivity index is 2.42. The summed E-state index contributed by atoms with van der Waals surface area (Å²) in [5.74, 6) is 0.325. The van der Waals surface area contributed by atoms with Crippen LogP contribution in [0.3, 0.4) is 0 Å². The van der Waals surface area contributed by atoms with Crippen molar-refractivity contribution in [2.75, 3.05) is 18.0 Å². The van der Waals surface area contributed by atoms with Crippen molar-refractivity contribution in [2.45, 2.75) is 18.7 Å². The fourth-order valence-electron chi connectivity index (χ4n) is 1.16. The van der Waals surface area contributed by atoms with Crippen LogP contribution in [0.2, 0.25) is 0 Å². The summed E-state index contributed by atoms with van der Waals surface area (Å²) in [6, 6.07) is 4.18. The molecule has 1 amide bonds. The molecule has 0 aliphatic carbocycles. The standard InChI is InChI=1S/C12H17FN2OS/c1-8(2)6-15-12(16)7-17-11-4-3-9(13)5-10(11)14/h3-5,8H,6-7,14H2,1-2H3,(H,15,16). The van der Waals surface area contributed by atoms with Crippen LogP contribution in [0.4, 0.5) is 10.1 Å². The molecule has 0 saturated heterocycles. The van der Waals surface area contributed by atoms with E-state index in [1.807, 2.05) is 13.8 Å². The molecule has 0 aliphatic rings. The Bertz CT molecular complexity index is 396. The van der Waals surface area contributed by atoms with E-state index < -0.39 is 0 Å². The van der Waals surface area contributed by atoms with Crippen LogP contribution in [-0.4, -0.2) is 18.2 Å². The zero-order valence-electron chi connectivity index (χ0n) is 10.00. The molecular formula is C12H17FN2OS. The quantitative estimate of drug-likeness (QED) is 0.627. The number of thioether (sulfide) groups is 1. The maximum absolute atomic E-state index is 12.8. The lowest BCUT2D eigenvalue weighted by Crippen LogP contribution is -2.28. The molecule has 0 spiro atoms. The van der Waals surface area contributed by atoms with Crippen molar-refractivity contribution >= 4 is 23.4 Å².